The zero-order valence-corrected chi connectivity index (χ0v) is 16.7. The molecule has 1 unspecified atom stereocenters. The van der Waals surface area contributed by atoms with Gasteiger partial charge in [0, 0.05) is 26.7 Å². The number of aromatic nitrogens is 4. The summed E-state index contributed by atoms with van der Waals surface area (Å²) in [5.41, 5.74) is 3.36. The molecule has 1 fully saturated rings. The zero-order chi connectivity index (χ0) is 20.0. The highest BCUT2D eigenvalue weighted by Gasteiger charge is 2.33. The Morgan fingerprint density at radius 2 is 2.00 bits per heavy atom. The van der Waals surface area contributed by atoms with Crippen molar-refractivity contribution in [3.05, 3.63) is 47.4 Å². The van der Waals surface area contributed by atoms with Crippen LogP contribution in [0.3, 0.4) is 0 Å². The molecule has 4 heterocycles. The summed E-state index contributed by atoms with van der Waals surface area (Å²) in [6.45, 7) is 4.92. The van der Waals surface area contributed by atoms with Crippen LogP contribution in [0.15, 0.2) is 30.5 Å². The van der Waals surface area contributed by atoms with Crippen molar-refractivity contribution < 1.29 is 9.53 Å². The maximum atomic E-state index is 13.2. The minimum atomic E-state index is -0.490. The van der Waals surface area contributed by atoms with Crippen LogP contribution in [-0.2, 0) is 29.5 Å². The third-order valence-corrected chi connectivity index (χ3v) is 5.77. The first-order valence-electron chi connectivity index (χ1n) is 9.98. The number of anilines is 1. The van der Waals surface area contributed by atoms with Gasteiger partial charge in [0.15, 0.2) is 11.8 Å². The van der Waals surface area contributed by atoms with Crippen LogP contribution in [-0.4, -0.2) is 62.9 Å². The molecule has 1 aromatic carbocycles. The molecule has 0 radical (unpaired) electrons. The van der Waals surface area contributed by atoms with Gasteiger partial charge in [-0.25, -0.2) is 9.97 Å². The number of carbonyl (C=O) groups excluding carboxylic acids is 1. The SMILES string of the molecule is Cc1nc(N2CCOC(C(=O)N3CCc4ccccc4C3)C2)c2cnn(C)c2n1. The first-order chi connectivity index (χ1) is 14.1. The van der Waals surface area contributed by atoms with Gasteiger partial charge in [0.25, 0.3) is 5.91 Å². The average Bonchev–Trinajstić information content (AvgIpc) is 3.13. The van der Waals surface area contributed by atoms with E-state index in [2.05, 4.69) is 38.2 Å². The zero-order valence-electron chi connectivity index (χ0n) is 16.7. The molecular weight excluding hydrogens is 368 g/mol. The summed E-state index contributed by atoms with van der Waals surface area (Å²) in [5, 5.41) is 5.22. The highest BCUT2D eigenvalue weighted by Crippen LogP contribution is 2.26. The van der Waals surface area contributed by atoms with Crippen molar-refractivity contribution in [2.24, 2.45) is 7.05 Å². The Labute approximate surface area is 169 Å². The molecular formula is C21H24N6O2. The van der Waals surface area contributed by atoms with E-state index in [1.807, 2.05) is 24.9 Å². The fourth-order valence-corrected chi connectivity index (χ4v) is 4.23. The van der Waals surface area contributed by atoms with Crippen LogP contribution in [0, 0.1) is 6.92 Å². The number of fused-ring (bicyclic) bond motifs is 2. The fraction of sp³-hybridized carbons (Fsp3) is 0.429. The molecule has 2 aliphatic rings. The minimum Gasteiger partial charge on any atom is -0.365 e. The molecule has 8 heteroatoms. The van der Waals surface area contributed by atoms with Crippen molar-refractivity contribution in [3.8, 4) is 0 Å². The van der Waals surface area contributed by atoms with Crippen molar-refractivity contribution in [1.82, 2.24) is 24.6 Å². The number of rotatable bonds is 2. The van der Waals surface area contributed by atoms with Crippen molar-refractivity contribution in [1.29, 1.82) is 0 Å². The second-order valence-electron chi connectivity index (χ2n) is 7.68. The third-order valence-electron chi connectivity index (χ3n) is 5.77. The molecule has 1 amide bonds. The molecule has 2 aromatic heterocycles. The molecule has 0 spiro atoms. The molecule has 1 saturated heterocycles. The topological polar surface area (TPSA) is 76.4 Å². The number of morpholine rings is 1. The molecule has 150 valence electrons. The van der Waals surface area contributed by atoms with Crippen LogP contribution in [0.4, 0.5) is 5.82 Å². The van der Waals surface area contributed by atoms with E-state index in [1.165, 1.54) is 11.1 Å². The van der Waals surface area contributed by atoms with Gasteiger partial charge in [-0.05, 0) is 24.5 Å². The van der Waals surface area contributed by atoms with Gasteiger partial charge in [0.05, 0.1) is 24.7 Å². The monoisotopic (exact) mass is 392 g/mol. The molecule has 29 heavy (non-hydrogen) atoms. The van der Waals surface area contributed by atoms with Crippen molar-refractivity contribution in [2.75, 3.05) is 31.1 Å². The lowest BCUT2D eigenvalue weighted by Gasteiger charge is -2.37. The Hall–Kier alpha value is -3.00. The number of carbonyl (C=O) groups is 1. The molecule has 0 saturated carbocycles. The van der Waals surface area contributed by atoms with Crippen LogP contribution >= 0.6 is 0 Å². The normalized spacial score (nSPS) is 19.4. The number of aryl methyl sites for hydroxylation is 2. The van der Waals surface area contributed by atoms with Gasteiger partial charge in [0.1, 0.15) is 11.6 Å². The number of hydrogen-bond acceptors (Lipinski definition) is 6. The summed E-state index contributed by atoms with van der Waals surface area (Å²) >= 11 is 0. The average molecular weight is 392 g/mol. The van der Waals surface area contributed by atoms with E-state index in [-0.39, 0.29) is 5.91 Å². The summed E-state index contributed by atoms with van der Waals surface area (Å²) in [6.07, 6.45) is 2.19. The maximum Gasteiger partial charge on any atom is 0.253 e. The summed E-state index contributed by atoms with van der Waals surface area (Å²) in [5.74, 6) is 1.57. The molecule has 8 nitrogen and oxygen atoms in total. The first-order valence-corrected chi connectivity index (χ1v) is 9.98. The lowest BCUT2D eigenvalue weighted by Crippen LogP contribution is -2.52. The van der Waals surface area contributed by atoms with Gasteiger partial charge in [-0.3, -0.25) is 9.48 Å². The molecule has 0 aliphatic carbocycles. The number of ether oxygens (including phenoxy) is 1. The maximum absolute atomic E-state index is 13.2. The molecule has 0 N–H and O–H groups in total. The van der Waals surface area contributed by atoms with Gasteiger partial charge in [0.2, 0.25) is 0 Å². The predicted octanol–water partition coefficient (Wildman–Crippen LogP) is 1.46. The van der Waals surface area contributed by atoms with E-state index in [9.17, 15) is 4.79 Å². The van der Waals surface area contributed by atoms with Crippen LogP contribution in [0.2, 0.25) is 0 Å². The quantitative estimate of drug-likeness (QED) is 0.657. The highest BCUT2D eigenvalue weighted by molar-refractivity contribution is 5.88. The number of hydrogen-bond donors (Lipinski definition) is 0. The van der Waals surface area contributed by atoms with Gasteiger partial charge in [-0.15, -0.1) is 0 Å². The Kier molecular flexibility index (Phi) is 4.43. The van der Waals surface area contributed by atoms with Crippen LogP contribution in [0.25, 0.3) is 11.0 Å². The van der Waals surface area contributed by atoms with E-state index in [0.29, 0.717) is 32.1 Å². The predicted molar refractivity (Wildman–Crippen MR) is 109 cm³/mol. The summed E-state index contributed by atoms with van der Waals surface area (Å²) < 4.78 is 7.63. The highest BCUT2D eigenvalue weighted by atomic mass is 16.5. The minimum absolute atomic E-state index is 0.0532. The molecule has 0 bridgehead atoms. The Bertz CT molecular complexity index is 1080. The van der Waals surface area contributed by atoms with E-state index < -0.39 is 6.10 Å². The second-order valence-corrected chi connectivity index (χ2v) is 7.68. The summed E-state index contributed by atoms with van der Waals surface area (Å²) in [7, 11) is 1.87. The number of benzene rings is 1. The lowest BCUT2D eigenvalue weighted by atomic mass is 9.99. The largest absolute Gasteiger partial charge is 0.365 e. The smallest absolute Gasteiger partial charge is 0.253 e. The van der Waals surface area contributed by atoms with Gasteiger partial charge in [-0.2, -0.15) is 5.10 Å². The van der Waals surface area contributed by atoms with E-state index in [0.717, 1.165) is 29.8 Å². The van der Waals surface area contributed by atoms with Crippen LogP contribution in [0.1, 0.15) is 17.0 Å². The first kappa shape index (κ1) is 18.1. The number of amides is 1. The molecule has 3 aromatic rings. The number of nitrogens with zero attached hydrogens (tertiary/aromatic N) is 6. The van der Waals surface area contributed by atoms with Gasteiger partial charge in [-0.1, -0.05) is 24.3 Å². The summed E-state index contributed by atoms with van der Waals surface area (Å²) in [6, 6.07) is 8.34. The summed E-state index contributed by atoms with van der Waals surface area (Å²) in [4.78, 5) is 26.4. The van der Waals surface area contributed by atoms with Gasteiger partial charge >= 0.3 is 0 Å². The lowest BCUT2D eigenvalue weighted by molar-refractivity contribution is -0.145. The van der Waals surface area contributed by atoms with E-state index in [1.54, 1.807) is 10.9 Å². The van der Waals surface area contributed by atoms with Crippen molar-refractivity contribution in [2.45, 2.75) is 26.0 Å². The molecule has 1 atom stereocenters. The Balaban J connectivity index is 1.37. The fourth-order valence-electron chi connectivity index (χ4n) is 4.23. The van der Waals surface area contributed by atoms with Crippen LogP contribution in [0.5, 0.6) is 0 Å². The Morgan fingerprint density at radius 1 is 1.17 bits per heavy atom. The Morgan fingerprint density at radius 3 is 2.86 bits per heavy atom. The van der Waals surface area contributed by atoms with E-state index in [4.69, 9.17) is 4.74 Å². The molecule has 2 aliphatic heterocycles. The third kappa shape index (κ3) is 3.23. The van der Waals surface area contributed by atoms with Crippen molar-refractivity contribution >= 4 is 22.8 Å². The molecule has 5 rings (SSSR count). The standard InChI is InChI=1S/C21H24N6O2/c1-14-23-19-17(11-22-25(19)2)20(24-14)26-9-10-29-18(13-26)21(28)27-8-7-15-5-3-4-6-16(15)12-27/h3-6,11,18H,7-10,12-13H2,1-2H3. The van der Waals surface area contributed by atoms with Crippen LogP contribution < -0.4 is 4.90 Å². The second kappa shape index (κ2) is 7.11. The van der Waals surface area contributed by atoms with Crippen molar-refractivity contribution in [3.63, 3.8) is 0 Å². The van der Waals surface area contributed by atoms with Gasteiger partial charge < -0.3 is 14.5 Å². The van der Waals surface area contributed by atoms with E-state index >= 15 is 0 Å².